The number of aromatic nitrogens is 3. The summed E-state index contributed by atoms with van der Waals surface area (Å²) in [6, 6.07) is 1.90. The summed E-state index contributed by atoms with van der Waals surface area (Å²) in [7, 11) is 0. The predicted octanol–water partition coefficient (Wildman–Crippen LogP) is 1.48. The molecule has 0 bridgehead atoms. The van der Waals surface area contributed by atoms with Crippen molar-refractivity contribution in [3.05, 3.63) is 34.8 Å². The van der Waals surface area contributed by atoms with Crippen LogP contribution in [0.1, 0.15) is 39.6 Å². The largest absolute Gasteiger partial charge is 0.383 e. The van der Waals surface area contributed by atoms with E-state index in [-0.39, 0.29) is 11.8 Å². The fourth-order valence-electron chi connectivity index (χ4n) is 3.42. The second kappa shape index (κ2) is 5.34. The first-order valence-electron chi connectivity index (χ1n) is 7.84. The normalized spacial score (nSPS) is 19.6. The number of carbonyl (C=O) groups excluding carboxylic acids is 1. The number of nitrogens with one attached hydrogen (secondary N) is 1. The van der Waals surface area contributed by atoms with Crippen LogP contribution in [0.3, 0.4) is 0 Å². The van der Waals surface area contributed by atoms with Crippen LogP contribution in [0, 0.1) is 6.92 Å². The number of nitrogens with zero attached hydrogens (tertiary/aromatic N) is 3. The molecule has 4 rings (SSSR count). The summed E-state index contributed by atoms with van der Waals surface area (Å²) in [5.41, 5.74) is 10.7. The van der Waals surface area contributed by atoms with E-state index in [1.54, 1.807) is 6.20 Å². The zero-order valence-electron chi connectivity index (χ0n) is 13.0. The van der Waals surface area contributed by atoms with Crippen molar-refractivity contribution in [1.82, 2.24) is 14.8 Å². The lowest BCUT2D eigenvalue weighted by atomic mass is 9.90. The van der Waals surface area contributed by atoms with Gasteiger partial charge in [-0.1, -0.05) is 0 Å². The van der Waals surface area contributed by atoms with Crippen molar-refractivity contribution >= 4 is 17.4 Å². The predicted molar refractivity (Wildman–Crippen MR) is 85.4 cm³/mol. The highest BCUT2D eigenvalue weighted by Gasteiger charge is 2.32. The van der Waals surface area contributed by atoms with Crippen molar-refractivity contribution in [3.63, 3.8) is 0 Å². The number of ether oxygens (including phenoxy) is 1. The van der Waals surface area contributed by atoms with Crippen LogP contribution in [0.5, 0.6) is 0 Å². The van der Waals surface area contributed by atoms with Gasteiger partial charge >= 0.3 is 0 Å². The Labute approximate surface area is 133 Å². The fraction of sp³-hybridized carbons (Fsp3) is 0.438. The van der Waals surface area contributed by atoms with Crippen LogP contribution in [0.4, 0.5) is 11.5 Å². The molecule has 3 N–H and O–H groups in total. The van der Waals surface area contributed by atoms with Crippen molar-refractivity contribution in [2.75, 3.05) is 24.2 Å². The first kappa shape index (κ1) is 14.2. The summed E-state index contributed by atoms with van der Waals surface area (Å²) in [6.45, 7) is 3.72. The average molecular weight is 313 g/mol. The molecule has 2 aliphatic heterocycles. The lowest BCUT2D eigenvalue weighted by Gasteiger charge is -2.26. The summed E-state index contributed by atoms with van der Waals surface area (Å²) in [4.78, 5) is 17.3. The van der Waals surface area contributed by atoms with Crippen LogP contribution in [0.25, 0.3) is 0 Å². The van der Waals surface area contributed by atoms with Crippen molar-refractivity contribution < 1.29 is 9.53 Å². The summed E-state index contributed by atoms with van der Waals surface area (Å²) in [5.74, 6) is 0.127. The molecule has 23 heavy (non-hydrogen) atoms. The van der Waals surface area contributed by atoms with Crippen molar-refractivity contribution in [1.29, 1.82) is 0 Å². The quantitative estimate of drug-likeness (QED) is 0.828. The number of nitrogens with two attached hydrogens (primary N) is 1. The minimum absolute atomic E-state index is 0.0785. The van der Waals surface area contributed by atoms with Crippen molar-refractivity contribution in [2.24, 2.45) is 0 Å². The van der Waals surface area contributed by atoms with Gasteiger partial charge in [0.2, 0.25) is 0 Å². The van der Waals surface area contributed by atoms with E-state index in [1.807, 2.05) is 13.0 Å². The van der Waals surface area contributed by atoms with Gasteiger partial charge in [-0.05, 0) is 25.0 Å². The smallest absolute Gasteiger partial charge is 0.256 e. The van der Waals surface area contributed by atoms with Gasteiger partial charge in [-0.25, -0.2) is 0 Å². The van der Waals surface area contributed by atoms with Gasteiger partial charge in [0, 0.05) is 24.7 Å². The zero-order valence-corrected chi connectivity index (χ0v) is 13.0. The monoisotopic (exact) mass is 313 g/mol. The highest BCUT2D eigenvalue weighted by molar-refractivity contribution is 5.90. The van der Waals surface area contributed by atoms with Gasteiger partial charge < -0.3 is 15.8 Å². The molecule has 2 aromatic heterocycles. The molecule has 0 saturated carbocycles. The molecule has 0 aromatic carbocycles. The van der Waals surface area contributed by atoms with Crippen LogP contribution in [-0.2, 0) is 17.8 Å². The molecule has 0 saturated heterocycles. The summed E-state index contributed by atoms with van der Waals surface area (Å²) >= 11 is 0. The molecule has 120 valence electrons. The Bertz CT molecular complexity index is 783. The minimum atomic E-state index is -0.252. The van der Waals surface area contributed by atoms with E-state index < -0.39 is 0 Å². The number of carbonyl (C=O) groups is 1. The maximum Gasteiger partial charge on any atom is 0.256 e. The molecular weight excluding hydrogens is 294 g/mol. The third-order valence-corrected chi connectivity index (χ3v) is 4.63. The maximum atomic E-state index is 13.0. The molecule has 0 aliphatic carbocycles. The molecule has 2 aliphatic rings. The molecule has 0 spiro atoms. The van der Waals surface area contributed by atoms with E-state index in [0.717, 1.165) is 41.2 Å². The van der Waals surface area contributed by atoms with Crippen LogP contribution >= 0.6 is 0 Å². The third kappa shape index (κ3) is 2.19. The molecule has 4 heterocycles. The average Bonchev–Trinajstić information content (AvgIpc) is 2.92. The molecule has 2 aromatic rings. The lowest BCUT2D eigenvalue weighted by Crippen LogP contribution is -2.29. The molecule has 7 heteroatoms. The van der Waals surface area contributed by atoms with Gasteiger partial charge in [0.15, 0.2) is 0 Å². The molecule has 0 fully saturated rings. The fourth-order valence-corrected chi connectivity index (χ4v) is 3.42. The van der Waals surface area contributed by atoms with Crippen LogP contribution < -0.4 is 11.1 Å². The van der Waals surface area contributed by atoms with E-state index in [2.05, 4.69) is 15.4 Å². The number of rotatable bonds is 1. The number of aryl methyl sites for hydroxylation is 1. The van der Waals surface area contributed by atoms with E-state index >= 15 is 0 Å². The number of hydrogen-bond donors (Lipinski definition) is 2. The van der Waals surface area contributed by atoms with Crippen LogP contribution in [0.2, 0.25) is 0 Å². The first-order valence-corrected chi connectivity index (χ1v) is 7.84. The molecular formula is C16H19N5O2. The topological polar surface area (TPSA) is 95.1 Å². The maximum absolute atomic E-state index is 13.0. The molecule has 0 amide bonds. The summed E-state index contributed by atoms with van der Waals surface area (Å²) < 4.78 is 6.77. The van der Waals surface area contributed by atoms with Crippen LogP contribution in [0.15, 0.2) is 12.3 Å². The second-order valence-electron chi connectivity index (χ2n) is 5.99. The summed E-state index contributed by atoms with van der Waals surface area (Å²) in [6.07, 6.45) is 3.17. The van der Waals surface area contributed by atoms with Gasteiger partial charge in [-0.15, -0.1) is 0 Å². The molecule has 1 unspecified atom stereocenters. The van der Waals surface area contributed by atoms with Gasteiger partial charge in [0.1, 0.15) is 5.82 Å². The van der Waals surface area contributed by atoms with E-state index in [4.69, 9.17) is 10.5 Å². The molecule has 0 radical (unpaired) electrons. The Morgan fingerprint density at radius 2 is 2.39 bits per heavy atom. The second-order valence-corrected chi connectivity index (χ2v) is 5.99. The Kier molecular flexibility index (Phi) is 3.30. The van der Waals surface area contributed by atoms with E-state index in [0.29, 0.717) is 25.5 Å². The van der Waals surface area contributed by atoms with E-state index in [9.17, 15) is 4.79 Å². The first-order chi connectivity index (χ1) is 11.2. The van der Waals surface area contributed by atoms with Crippen LogP contribution in [-0.4, -0.2) is 33.8 Å². The highest BCUT2D eigenvalue weighted by atomic mass is 16.5. The molecule has 7 nitrogen and oxygen atoms in total. The SMILES string of the molecule is Cc1nccc2c1NCCC2C(=O)n1nc2c(c1N)CCOC2. The Morgan fingerprint density at radius 1 is 1.52 bits per heavy atom. The zero-order chi connectivity index (χ0) is 16.0. The molecule has 1 atom stereocenters. The van der Waals surface area contributed by atoms with Crippen molar-refractivity contribution in [2.45, 2.75) is 32.3 Å². The standard InChI is InChI=1S/C16H19N5O2/c1-9-14-10(2-5-18-9)11(3-6-19-14)16(22)21-15(17)12-4-7-23-8-13(12)20-21/h2,5,11,19H,3-4,6-8,17H2,1H3. The van der Waals surface area contributed by atoms with E-state index in [1.165, 1.54) is 4.68 Å². The number of pyridine rings is 1. The number of anilines is 2. The Morgan fingerprint density at radius 3 is 3.22 bits per heavy atom. The van der Waals surface area contributed by atoms with Gasteiger partial charge in [-0.3, -0.25) is 9.78 Å². The lowest BCUT2D eigenvalue weighted by molar-refractivity contribution is 0.0854. The van der Waals surface area contributed by atoms with Gasteiger partial charge in [0.05, 0.1) is 36.2 Å². The minimum Gasteiger partial charge on any atom is -0.383 e. The highest BCUT2D eigenvalue weighted by Crippen LogP contribution is 2.35. The Hall–Kier alpha value is -2.41. The Balaban J connectivity index is 1.74. The number of hydrogen-bond acceptors (Lipinski definition) is 6. The van der Waals surface area contributed by atoms with Crippen molar-refractivity contribution in [3.8, 4) is 0 Å². The number of nitrogen functional groups attached to an aromatic ring is 1. The summed E-state index contributed by atoms with van der Waals surface area (Å²) in [5, 5.41) is 7.74. The third-order valence-electron chi connectivity index (χ3n) is 4.63. The van der Waals surface area contributed by atoms with Gasteiger partial charge in [0.25, 0.3) is 5.91 Å². The van der Waals surface area contributed by atoms with Gasteiger partial charge in [-0.2, -0.15) is 9.78 Å². The number of fused-ring (bicyclic) bond motifs is 2.